The summed E-state index contributed by atoms with van der Waals surface area (Å²) < 4.78 is 40.0. The molecule has 0 aliphatic carbocycles. The summed E-state index contributed by atoms with van der Waals surface area (Å²) in [5, 5.41) is 0. The monoisotopic (exact) mass is 364 g/mol. The lowest BCUT2D eigenvalue weighted by atomic mass is 10.2. The standard InChI is InChI=1S/C18H20O6S/c1-4-25(20,21)17-8-6-5-7-15(17)18(19)24-12-13-11-14(22-2)9-10-16(13)23-3/h5-11H,4,12H2,1-3H3. The molecule has 0 bridgehead atoms. The van der Waals surface area contributed by atoms with E-state index in [0.717, 1.165) is 0 Å². The van der Waals surface area contributed by atoms with Gasteiger partial charge in [0, 0.05) is 5.56 Å². The maximum Gasteiger partial charge on any atom is 0.339 e. The minimum Gasteiger partial charge on any atom is -0.497 e. The number of methoxy groups -OCH3 is 2. The zero-order valence-corrected chi connectivity index (χ0v) is 15.1. The molecule has 134 valence electrons. The van der Waals surface area contributed by atoms with E-state index >= 15 is 0 Å². The van der Waals surface area contributed by atoms with E-state index in [2.05, 4.69) is 0 Å². The maximum atomic E-state index is 12.4. The van der Waals surface area contributed by atoms with E-state index in [1.54, 1.807) is 30.3 Å². The fraction of sp³-hybridized carbons (Fsp3) is 0.278. The van der Waals surface area contributed by atoms with Gasteiger partial charge in [-0.15, -0.1) is 0 Å². The predicted octanol–water partition coefficient (Wildman–Crippen LogP) is 2.85. The van der Waals surface area contributed by atoms with Crippen molar-refractivity contribution in [2.45, 2.75) is 18.4 Å². The quantitative estimate of drug-likeness (QED) is 0.703. The Balaban J connectivity index is 2.25. The van der Waals surface area contributed by atoms with Crippen molar-refractivity contribution in [1.82, 2.24) is 0 Å². The lowest BCUT2D eigenvalue weighted by molar-refractivity contribution is 0.0465. The van der Waals surface area contributed by atoms with Gasteiger partial charge in [0.15, 0.2) is 9.84 Å². The van der Waals surface area contributed by atoms with Crippen LogP contribution in [0.1, 0.15) is 22.8 Å². The van der Waals surface area contributed by atoms with Crippen molar-refractivity contribution in [1.29, 1.82) is 0 Å². The minimum absolute atomic E-state index is 0.0196. The number of carbonyl (C=O) groups is 1. The molecule has 2 rings (SSSR count). The summed E-state index contributed by atoms with van der Waals surface area (Å²) in [4.78, 5) is 12.4. The molecule has 0 aromatic heterocycles. The van der Waals surface area contributed by atoms with Crippen molar-refractivity contribution in [3.8, 4) is 11.5 Å². The van der Waals surface area contributed by atoms with Gasteiger partial charge in [-0.1, -0.05) is 19.1 Å². The first-order valence-corrected chi connectivity index (χ1v) is 9.28. The highest BCUT2D eigenvalue weighted by atomic mass is 32.2. The molecule has 0 N–H and O–H groups in total. The molecule has 0 saturated heterocycles. The van der Waals surface area contributed by atoms with E-state index in [4.69, 9.17) is 14.2 Å². The summed E-state index contributed by atoms with van der Waals surface area (Å²) in [7, 11) is -0.484. The number of ether oxygens (including phenoxy) is 3. The topological polar surface area (TPSA) is 78.9 Å². The summed E-state index contributed by atoms with van der Waals surface area (Å²) in [6.07, 6.45) is 0. The van der Waals surface area contributed by atoms with Gasteiger partial charge in [0.1, 0.15) is 18.1 Å². The second kappa shape index (κ2) is 8.02. The van der Waals surface area contributed by atoms with Crippen LogP contribution in [0.3, 0.4) is 0 Å². The molecular formula is C18H20O6S. The van der Waals surface area contributed by atoms with Crippen LogP contribution in [0.5, 0.6) is 11.5 Å². The molecule has 0 radical (unpaired) electrons. The minimum atomic E-state index is -3.53. The molecule has 0 saturated carbocycles. The molecule has 0 aliphatic heterocycles. The molecule has 0 amide bonds. The Morgan fingerprint density at radius 3 is 2.40 bits per heavy atom. The van der Waals surface area contributed by atoms with Gasteiger partial charge in [-0.25, -0.2) is 13.2 Å². The summed E-state index contributed by atoms with van der Waals surface area (Å²) in [6, 6.07) is 11.1. The average molecular weight is 364 g/mol. The zero-order valence-electron chi connectivity index (χ0n) is 14.3. The highest BCUT2D eigenvalue weighted by molar-refractivity contribution is 7.91. The third kappa shape index (κ3) is 4.30. The fourth-order valence-corrected chi connectivity index (χ4v) is 3.36. The number of esters is 1. The largest absolute Gasteiger partial charge is 0.497 e. The zero-order chi connectivity index (χ0) is 18.4. The Bertz CT molecular complexity index is 858. The Hall–Kier alpha value is -2.54. The molecule has 2 aromatic carbocycles. The second-order valence-corrected chi connectivity index (χ2v) is 7.40. The van der Waals surface area contributed by atoms with E-state index in [1.807, 2.05) is 0 Å². The lowest BCUT2D eigenvalue weighted by Gasteiger charge is -2.12. The summed E-state index contributed by atoms with van der Waals surface area (Å²) >= 11 is 0. The van der Waals surface area contributed by atoms with Gasteiger partial charge >= 0.3 is 5.97 Å². The number of sulfone groups is 1. The van der Waals surface area contributed by atoms with Crippen molar-refractivity contribution >= 4 is 15.8 Å². The number of benzene rings is 2. The van der Waals surface area contributed by atoms with Crippen LogP contribution in [0.4, 0.5) is 0 Å². The van der Waals surface area contributed by atoms with E-state index in [0.29, 0.717) is 17.1 Å². The predicted molar refractivity (Wildman–Crippen MR) is 92.8 cm³/mol. The van der Waals surface area contributed by atoms with E-state index in [-0.39, 0.29) is 22.8 Å². The highest BCUT2D eigenvalue weighted by Crippen LogP contribution is 2.25. The molecule has 0 aliphatic rings. The number of hydrogen-bond donors (Lipinski definition) is 0. The van der Waals surface area contributed by atoms with Gasteiger partial charge < -0.3 is 14.2 Å². The number of carbonyl (C=O) groups excluding carboxylic acids is 1. The van der Waals surface area contributed by atoms with Crippen molar-refractivity contribution in [2.75, 3.05) is 20.0 Å². The fourth-order valence-electron chi connectivity index (χ4n) is 2.28. The Morgan fingerprint density at radius 2 is 1.76 bits per heavy atom. The summed E-state index contributed by atoms with van der Waals surface area (Å²) in [5.41, 5.74) is 0.636. The van der Waals surface area contributed by atoms with Crippen LogP contribution in [-0.4, -0.2) is 34.4 Å². The molecule has 7 heteroatoms. The van der Waals surface area contributed by atoms with Gasteiger partial charge in [0.25, 0.3) is 0 Å². The van der Waals surface area contributed by atoms with Crippen LogP contribution in [0.15, 0.2) is 47.4 Å². The Labute approximate surface area is 147 Å². The molecule has 0 spiro atoms. The molecule has 2 aromatic rings. The van der Waals surface area contributed by atoms with Crippen molar-refractivity contribution in [3.05, 3.63) is 53.6 Å². The molecule has 0 atom stereocenters. The normalized spacial score (nSPS) is 11.0. The molecule has 0 heterocycles. The van der Waals surface area contributed by atoms with E-state index in [9.17, 15) is 13.2 Å². The van der Waals surface area contributed by atoms with Crippen LogP contribution >= 0.6 is 0 Å². The van der Waals surface area contributed by atoms with Crippen LogP contribution in [-0.2, 0) is 21.2 Å². The molecule has 0 fully saturated rings. The van der Waals surface area contributed by atoms with Crippen LogP contribution in [0.2, 0.25) is 0 Å². The summed E-state index contributed by atoms with van der Waals surface area (Å²) in [5.74, 6) is 0.336. The van der Waals surface area contributed by atoms with E-state index < -0.39 is 15.8 Å². The van der Waals surface area contributed by atoms with Crippen LogP contribution in [0, 0.1) is 0 Å². The van der Waals surface area contributed by atoms with Crippen molar-refractivity contribution < 1.29 is 27.4 Å². The first-order chi connectivity index (χ1) is 11.9. The van der Waals surface area contributed by atoms with Crippen molar-refractivity contribution in [2.24, 2.45) is 0 Å². The average Bonchev–Trinajstić information content (AvgIpc) is 2.65. The maximum absolute atomic E-state index is 12.4. The Morgan fingerprint density at radius 1 is 1.04 bits per heavy atom. The molecular weight excluding hydrogens is 344 g/mol. The third-order valence-corrected chi connectivity index (χ3v) is 5.45. The highest BCUT2D eigenvalue weighted by Gasteiger charge is 2.21. The van der Waals surface area contributed by atoms with Crippen molar-refractivity contribution in [3.63, 3.8) is 0 Å². The second-order valence-electron chi connectivity index (χ2n) is 5.15. The van der Waals surface area contributed by atoms with Gasteiger partial charge in [-0.3, -0.25) is 0 Å². The number of rotatable bonds is 7. The summed E-state index contributed by atoms with van der Waals surface area (Å²) in [6.45, 7) is 1.46. The van der Waals surface area contributed by atoms with Gasteiger partial charge in [-0.2, -0.15) is 0 Å². The van der Waals surface area contributed by atoms with Gasteiger partial charge in [-0.05, 0) is 30.3 Å². The molecule has 25 heavy (non-hydrogen) atoms. The first kappa shape index (κ1) is 18.8. The smallest absolute Gasteiger partial charge is 0.339 e. The Kier molecular flexibility index (Phi) is 6.03. The molecule has 0 unspecified atom stereocenters. The lowest BCUT2D eigenvalue weighted by Crippen LogP contribution is -2.13. The number of hydrogen-bond acceptors (Lipinski definition) is 6. The van der Waals surface area contributed by atoms with Gasteiger partial charge in [0.05, 0.1) is 30.4 Å². The SMILES string of the molecule is CCS(=O)(=O)c1ccccc1C(=O)OCc1cc(OC)ccc1OC. The third-order valence-electron chi connectivity index (χ3n) is 3.67. The molecule has 6 nitrogen and oxygen atoms in total. The van der Waals surface area contributed by atoms with Crippen LogP contribution < -0.4 is 9.47 Å². The van der Waals surface area contributed by atoms with Crippen LogP contribution in [0.25, 0.3) is 0 Å². The first-order valence-electron chi connectivity index (χ1n) is 7.62. The van der Waals surface area contributed by atoms with Gasteiger partial charge in [0.2, 0.25) is 0 Å². The van der Waals surface area contributed by atoms with E-state index in [1.165, 1.54) is 33.3 Å².